The lowest BCUT2D eigenvalue weighted by atomic mass is 10.0. The highest BCUT2D eigenvalue weighted by molar-refractivity contribution is 7.99. The number of rotatable bonds is 6. The monoisotopic (exact) mass is 410 g/mol. The Kier molecular flexibility index (Phi) is 7.22. The van der Waals surface area contributed by atoms with Crippen LogP contribution in [0.4, 0.5) is 0 Å². The molecule has 0 fully saturated rings. The SMILES string of the molecule is CCCCC#C[C@@H](O)c1c(-c2ccccc2)nn(C)c1Sc1ccc(Cl)cc1. The third-order valence-corrected chi connectivity index (χ3v) is 5.71. The fourth-order valence-electron chi connectivity index (χ4n) is 2.82. The minimum Gasteiger partial charge on any atom is -0.376 e. The largest absolute Gasteiger partial charge is 0.376 e. The molecule has 144 valence electrons. The summed E-state index contributed by atoms with van der Waals surface area (Å²) in [6.07, 6.45) is 2.01. The normalized spacial score (nSPS) is 11.7. The third-order valence-electron chi connectivity index (χ3n) is 4.27. The smallest absolute Gasteiger partial charge is 0.145 e. The van der Waals surface area contributed by atoms with Crippen LogP contribution in [0.3, 0.4) is 0 Å². The highest BCUT2D eigenvalue weighted by Crippen LogP contribution is 2.39. The van der Waals surface area contributed by atoms with Crippen molar-refractivity contribution in [1.29, 1.82) is 0 Å². The van der Waals surface area contributed by atoms with Gasteiger partial charge < -0.3 is 5.11 Å². The molecule has 0 bridgehead atoms. The van der Waals surface area contributed by atoms with Crippen molar-refractivity contribution in [3.05, 3.63) is 65.2 Å². The predicted molar refractivity (Wildman–Crippen MR) is 116 cm³/mol. The first kappa shape index (κ1) is 20.5. The predicted octanol–water partition coefficient (Wildman–Crippen LogP) is 6.12. The Balaban J connectivity index is 2.03. The molecule has 0 aliphatic rings. The van der Waals surface area contributed by atoms with Crippen LogP contribution in [0, 0.1) is 11.8 Å². The van der Waals surface area contributed by atoms with E-state index < -0.39 is 6.10 Å². The number of benzene rings is 2. The molecule has 1 atom stereocenters. The number of hydrogen-bond donors (Lipinski definition) is 1. The molecule has 0 unspecified atom stereocenters. The number of halogens is 1. The quantitative estimate of drug-likeness (QED) is 0.393. The average Bonchev–Trinajstić information content (AvgIpc) is 3.04. The summed E-state index contributed by atoms with van der Waals surface area (Å²) in [5.41, 5.74) is 2.47. The van der Waals surface area contributed by atoms with Crippen LogP contribution < -0.4 is 0 Å². The van der Waals surface area contributed by atoms with Gasteiger partial charge in [0.25, 0.3) is 0 Å². The van der Waals surface area contributed by atoms with Gasteiger partial charge in [0.05, 0.1) is 5.56 Å². The van der Waals surface area contributed by atoms with E-state index in [2.05, 4.69) is 18.8 Å². The van der Waals surface area contributed by atoms with Gasteiger partial charge in [-0.15, -0.1) is 5.92 Å². The number of nitrogens with zero attached hydrogens (tertiary/aromatic N) is 2. The van der Waals surface area contributed by atoms with Crippen LogP contribution in [0.1, 0.15) is 37.9 Å². The van der Waals surface area contributed by atoms with Crippen LogP contribution in [-0.2, 0) is 7.05 Å². The van der Waals surface area contributed by atoms with Crippen LogP contribution in [0.2, 0.25) is 5.02 Å². The molecule has 0 radical (unpaired) electrons. The van der Waals surface area contributed by atoms with Gasteiger partial charge in [0.15, 0.2) is 0 Å². The molecule has 0 aliphatic carbocycles. The molecule has 5 heteroatoms. The summed E-state index contributed by atoms with van der Waals surface area (Å²) in [5.74, 6) is 6.12. The van der Waals surface area contributed by atoms with Crippen LogP contribution in [0.5, 0.6) is 0 Å². The molecule has 2 aromatic carbocycles. The van der Waals surface area contributed by atoms with Gasteiger partial charge in [-0.3, -0.25) is 4.68 Å². The Morgan fingerprint density at radius 1 is 1.14 bits per heavy atom. The minimum atomic E-state index is -0.893. The fourth-order valence-corrected chi connectivity index (χ4v) is 3.93. The molecule has 1 heterocycles. The number of hydrogen-bond acceptors (Lipinski definition) is 3. The van der Waals surface area contributed by atoms with E-state index in [0.29, 0.717) is 5.02 Å². The summed E-state index contributed by atoms with van der Waals surface area (Å²) in [6, 6.07) is 17.6. The first-order valence-electron chi connectivity index (χ1n) is 9.32. The maximum absolute atomic E-state index is 10.9. The van der Waals surface area contributed by atoms with Crippen molar-refractivity contribution in [1.82, 2.24) is 9.78 Å². The topological polar surface area (TPSA) is 38.1 Å². The lowest BCUT2D eigenvalue weighted by molar-refractivity contribution is 0.235. The third kappa shape index (κ3) is 4.99. The van der Waals surface area contributed by atoms with Gasteiger partial charge in [-0.05, 0) is 30.7 Å². The minimum absolute atomic E-state index is 0.696. The van der Waals surface area contributed by atoms with E-state index in [9.17, 15) is 5.11 Å². The van der Waals surface area contributed by atoms with Crippen molar-refractivity contribution >= 4 is 23.4 Å². The Labute approximate surface area is 175 Å². The molecule has 0 saturated heterocycles. The molecule has 28 heavy (non-hydrogen) atoms. The van der Waals surface area contributed by atoms with Crippen molar-refractivity contribution < 1.29 is 5.11 Å². The van der Waals surface area contributed by atoms with E-state index in [-0.39, 0.29) is 0 Å². The Morgan fingerprint density at radius 3 is 2.54 bits per heavy atom. The molecule has 3 rings (SSSR count). The molecule has 3 aromatic rings. The fraction of sp³-hybridized carbons (Fsp3) is 0.261. The number of unbranched alkanes of at least 4 members (excludes halogenated alkanes) is 2. The van der Waals surface area contributed by atoms with Crippen LogP contribution in [0.25, 0.3) is 11.3 Å². The molecular formula is C23H23ClN2OS. The van der Waals surface area contributed by atoms with Crippen molar-refractivity contribution in [2.75, 3.05) is 0 Å². The number of aliphatic hydroxyl groups excluding tert-OH is 1. The van der Waals surface area contributed by atoms with Crippen molar-refractivity contribution in [3.63, 3.8) is 0 Å². The van der Waals surface area contributed by atoms with Crippen molar-refractivity contribution in [2.24, 2.45) is 7.05 Å². The lowest BCUT2D eigenvalue weighted by Crippen LogP contribution is -1.98. The summed E-state index contributed by atoms with van der Waals surface area (Å²) >= 11 is 7.56. The van der Waals surface area contributed by atoms with Gasteiger partial charge in [-0.2, -0.15) is 5.10 Å². The van der Waals surface area contributed by atoms with E-state index in [4.69, 9.17) is 16.7 Å². The Morgan fingerprint density at radius 2 is 1.86 bits per heavy atom. The summed E-state index contributed by atoms with van der Waals surface area (Å²) in [4.78, 5) is 1.03. The number of aliphatic hydroxyl groups is 1. The first-order chi connectivity index (χ1) is 13.6. The van der Waals surface area contributed by atoms with Crippen LogP contribution in [-0.4, -0.2) is 14.9 Å². The second-order valence-electron chi connectivity index (χ2n) is 6.44. The molecule has 0 aliphatic heterocycles. The van der Waals surface area contributed by atoms with Gasteiger partial charge >= 0.3 is 0 Å². The first-order valence-corrected chi connectivity index (χ1v) is 10.5. The maximum Gasteiger partial charge on any atom is 0.145 e. The van der Waals surface area contributed by atoms with Gasteiger partial charge in [0.2, 0.25) is 0 Å². The lowest BCUT2D eigenvalue weighted by Gasteiger charge is -2.09. The van der Waals surface area contributed by atoms with Crippen molar-refractivity contribution in [3.8, 4) is 23.1 Å². The zero-order chi connectivity index (χ0) is 19.9. The second-order valence-corrected chi connectivity index (χ2v) is 7.94. The van der Waals surface area contributed by atoms with Gasteiger partial charge in [0.1, 0.15) is 16.8 Å². The molecular weight excluding hydrogens is 388 g/mol. The molecule has 3 nitrogen and oxygen atoms in total. The molecule has 1 aromatic heterocycles. The van der Waals surface area contributed by atoms with Crippen LogP contribution in [0.15, 0.2) is 64.5 Å². The highest BCUT2D eigenvalue weighted by Gasteiger charge is 2.23. The second kappa shape index (κ2) is 9.84. The maximum atomic E-state index is 10.9. The zero-order valence-electron chi connectivity index (χ0n) is 16.0. The standard InChI is InChI=1S/C23H23ClN2OS/c1-3-4-5-9-12-20(27)21-22(17-10-7-6-8-11-17)25-26(2)23(21)28-19-15-13-18(24)14-16-19/h6-8,10-11,13-16,20,27H,3-5H2,1-2H3/t20-/m1/s1. The summed E-state index contributed by atoms with van der Waals surface area (Å²) in [7, 11) is 1.89. The van der Waals surface area contributed by atoms with Gasteiger partial charge in [-0.25, -0.2) is 0 Å². The van der Waals surface area contributed by atoms with E-state index >= 15 is 0 Å². The van der Waals surface area contributed by atoms with E-state index in [1.807, 2.05) is 66.3 Å². The average molecular weight is 411 g/mol. The summed E-state index contributed by atoms with van der Waals surface area (Å²) in [5, 5.41) is 17.2. The Bertz CT molecular complexity index is 972. The van der Waals surface area contributed by atoms with E-state index in [1.54, 1.807) is 11.8 Å². The zero-order valence-corrected chi connectivity index (χ0v) is 17.6. The molecule has 0 saturated carbocycles. The van der Waals surface area contributed by atoms with Gasteiger partial charge in [0, 0.05) is 29.0 Å². The molecule has 0 amide bonds. The highest BCUT2D eigenvalue weighted by atomic mass is 35.5. The van der Waals surface area contributed by atoms with Gasteiger partial charge in [-0.1, -0.05) is 73.0 Å². The Hall–Kier alpha value is -2.19. The molecule has 0 spiro atoms. The number of aromatic nitrogens is 2. The number of aryl methyl sites for hydroxylation is 1. The van der Waals surface area contributed by atoms with E-state index in [1.165, 1.54) is 0 Å². The van der Waals surface area contributed by atoms with Crippen LogP contribution >= 0.6 is 23.4 Å². The summed E-state index contributed by atoms with van der Waals surface area (Å²) < 4.78 is 1.81. The molecule has 1 N–H and O–H groups in total. The summed E-state index contributed by atoms with van der Waals surface area (Å²) in [6.45, 7) is 2.13. The van der Waals surface area contributed by atoms with E-state index in [0.717, 1.165) is 46.0 Å². The van der Waals surface area contributed by atoms with Crippen molar-refractivity contribution in [2.45, 2.75) is 42.2 Å².